The summed E-state index contributed by atoms with van der Waals surface area (Å²) in [7, 11) is 0. The fraction of sp³-hybridized carbons (Fsp3) is 0.188. The molecule has 0 radical (unpaired) electrons. The molecule has 0 aromatic heterocycles. The molecule has 2 aromatic rings. The predicted molar refractivity (Wildman–Crippen MR) is 71.8 cm³/mol. The van der Waals surface area contributed by atoms with Crippen molar-refractivity contribution in [2.24, 2.45) is 0 Å². The van der Waals surface area contributed by atoms with Crippen LogP contribution in [0.25, 0.3) is 0 Å². The number of ether oxygens (including phenoxy) is 1. The van der Waals surface area contributed by atoms with Gasteiger partial charge in [0, 0.05) is 6.07 Å². The lowest BCUT2D eigenvalue weighted by atomic mass is 10.0. The van der Waals surface area contributed by atoms with E-state index >= 15 is 0 Å². The van der Waals surface area contributed by atoms with Crippen LogP contribution in [0.2, 0.25) is 0 Å². The van der Waals surface area contributed by atoms with Crippen molar-refractivity contribution in [1.29, 1.82) is 0 Å². The SMILES string of the molecule is CC(C)c1ccc(OC(=O)c2ccc(F)cc2F)cc1. The molecule has 0 amide bonds. The molecule has 0 unspecified atom stereocenters. The van der Waals surface area contributed by atoms with Gasteiger partial charge in [0.05, 0.1) is 5.56 Å². The van der Waals surface area contributed by atoms with E-state index in [9.17, 15) is 13.6 Å². The van der Waals surface area contributed by atoms with Crippen molar-refractivity contribution in [2.45, 2.75) is 19.8 Å². The monoisotopic (exact) mass is 276 g/mol. The average molecular weight is 276 g/mol. The second-order valence-corrected chi connectivity index (χ2v) is 4.74. The third-order valence-electron chi connectivity index (χ3n) is 2.91. The summed E-state index contributed by atoms with van der Waals surface area (Å²) < 4.78 is 31.3. The molecule has 20 heavy (non-hydrogen) atoms. The first-order valence-corrected chi connectivity index (χ1v) is 6.24. The van der Waals surface area contributed by atoms with E-state index in [1.807, 2.05) is 12.1 Å². The normalized spacial score (nSPS) is 10.7. The Bertz CT molecular complexity index is 619. The van der Waals surface area contributed by atoms with Gasteiger partial charge in [-0.3, -0.25) is 0 Å². The topological polar surface area (TPSA) is 26.3 Å². The second kappa shape index (κ2) is 5.82. The quantitative estimate of drug-likeness (QED) is 0.617. The molecule has 0 fully saturated rings. The number of carbonyl (C=O) groups excluding carboxylic acids is 1. The first-order valence-electron chi connectivity index (χ1n) is 6.24. The van der Waals surface area contributed by atoms with Gasteiger partial charge in [0.25, 0.3) is 0 Å². The van der Waals surface area contributed by atoms with Gasteiger partial charge in [-0.15, -0.1) is 0 Å². The zero-order valence-corrected chi connectivity index (χ0v) is 11.2. The zero-order chi connectivity index (χ0) is 14.7. The van der Waals surface area contributed by atoms with Crippen LogP contribution < -0.4 is 4.74 Å². The Morgan fingerprint density at radius 1 is 1.05 bits per heavy atom. The van der Waals surface area contributed by atoms with Crippen LogP contribution in [0.4, 0.5) is 8.78 Å². The molecule has 0 bridgehead atoms. The first kappa shape index (κ1) is 14.2. The van der Waals surface area contributed by atoms with Gasteiger partial charge in [-0.05, 0) is 35.7 Å². The molecule has 0 saturated carbocycles. The van der Waals surface area contributed by atoms with Crippen LogP contribution in [-0.4, -0.2) is 5.97 Å². The summed E-state index contributed by atoms with van der Waals surface area (Å²) in [5.41, 5.74) is 0.817. The van der Waals surface area contributed by atoms with Gasteiger partial charge in [0.1, 0.15) is 17.4 Å². The molecule has 0 N–H and O–H groups in total. The Morgan fingerprint density at radius 3 is 2.25 bits per heavy atom. The van der Waals surface area contributed by atoms with E-state index in [1.54, 1.807) is 12.1 Å². The minimum Gasteiger partial charge on any atom is -0.423 e. The molecule has 2 rings (SSSR count). The highest BCUT2D eigenvalue weighted by Gasteiger charge is 2.14. The second-order valence-electron chi connectivity index (χ2n) is 4.74. The number of rotatable bonds is 3. The lowest BCUT2D eigenvalue weighted by Gasteiger charge is -2.08. The van der Waals surface area contributed by atoms with Crippen molar-refractivity contribution in [2.75, 3.05) is 0 Å². The fourth-order valence-electron chi connectivity index (χ4n) is 1.74. The maximum atomic E-state index is 13.4. The van der Waals surface area contributed by atoms with E-state index in [0.29, 0.717) is 17.7 Å². The van der Waals surface area contributed by atoms with E-state index in [4.69, 9.17) is 4.74 Å². The molecular weight excluding hydrogens is 262 g/mol. The minimum absolute atomic E-state index is 0.292. The molecule has 4 heteroatoms. The van der Waals surface area contributed by atoms with E-state index in [2.05, 4.69) is 13.8 Å². The molecule has 2 nitrogen and oxygen atoms in total. The van der Waals surface area contributed by atoms with Gasteiger partial charge < -0.3 is 4.74 Å². The molecule has 0 aliphatic carbocycles. The maximum Gasteiger partial charge on any atom is 0.346 e. The van der Waals surface area contributed by atoms with E-state index in [0.717, 1.165) is 17.7 Å². The van der Waals surface area contributed by atoms with Gasteiger partial charge >= 0.3 is 5.97 Å². The highest BCUT2D eigenvalue weighted by molar-refractivity contribution is 5.91. The van der Waals surface area contributed by atoms with Crippen molar-refractivity contribution >= 4 is 5.97 Å². The third-order valence-corrected chi connectivity index (χ3v) is 2.91. The number of benzene rings is 2. The lowest BCUT2D eigenvalue weighted by molar-refractivity contribution is 0.0730. The van der Waals surface area contributed by atoms with Crippen LogP contribution in [0.5, 0.6) is 5.75 Å². The van der Waals surface area contributed by atoms with Crippen LogP contribution in [0, 0.1) is 11.6 Å². The number of esters is 1. The summed E-state index contributed by atoms with van der Waals surface area (Å²) >= 11 is 0. The number of hydrogen-bond donors (Lipinski definition) is 0. The van der Waals surface area contributed by atoms with E-state index in [-0.39, 0.29) is 5.56 Å². The van der Waals surface area contributed by atoms with Crippen LogP contribution >= 0.6 is 0 Å². The molecule has 0 spiro atoms. The van der Waals surface area contributed by atoms with Gasteiger partial charge in [-0.2, -0.15) is 0 Å². The van der Waals surface area contributed by atoms with Crippen molar-refractivity contribution in [3.8, 4) is 5.75 Å². The van der Waals surface area contributed by atoms with Crippen LogP contribution in [0.3, 0.4) is 0 Å². The maximum absolute atomic E-state index is 13.4. The predicted octanol–water partition coefficient (Wildman–Crippen LogP) is 4.31. The Kier molecular flexibility index (Phi) is 4.13. The van der Waals surface area contributed by atoms with E-state index < -0.39 is 17.6 Å². The Morgan fingerprint density at radius 2 is 1.70 bits per heavy atom. The largest absolute Gasteiger partial charge is 0.423 e. The zero-order valence-electron chi connectivity index (χ0n) is 11.2. The highest BCUT2D eigenvalue weighted by atomic mass is 19.1. The van der Waals surface area contributed by atoms with Crippen molar-refractivity contribution < 1.29 is 18.3 Å². The van der Waals surface area contributed by atoms with Gasteiger partial charge in [0.2, 0.25) is 0 Å². The molecule has 2 aromatic carbocycles. The van der Waals surface area contributed by atoms with Gasteiger partial charge in [0.15, 0.2) is 0 Å². The Hall–Kier alpha value is -2.23. The Labute approximate surface area is 116 Å². The fourth-order valence-corrected chi connectivity index (χ4v) is 1.74. The molecule has 0 saturated heterocycles. The summed E-state index contributed by atoms with van der Waals surface area (Å²) in [5.74, 6) is -1.83. The third kappa shape index (κ3) is 3.20. The first-order chi connectivity index (χ1) is 9.47. The molecule has 0 atom stereocenters. The summed E-state index contributed by atoms with van der Waals surface area (Å²) in [6.45, 7) is 4.10. The summed E-state index contributed by atoms with van der Waals surface area (Å²) in [6.07, 6.45) is 0. The van der Waals surface area contributed by atoms with Crippen LogP contribution in [0.1, 0.15) is 35.7 Å². The number of hydrogen-bond acceptors (Lipinski definition) is 2. The van der Waals surface area contributed by atoms with Gasteiger partial charge in [-0.25, -0.2) is 13.6 Å². The molecule has 0 aliphatic heterocycles. The van der Waals surface area contributed by atoms with E-state index in [1.165, 1.54) is 0 Å². The summed E-state index contributed by atoms with van der Waals surface area (Å²) in [6, 6.07) is 9.71. The average Bonchev–Trinajstić information content (AvgIpc) is 2.39. The molecule has 0 heterocycles. The number of halogens is 2. The minimum atomic E-state index is -0.936. The highest BCUT2D eigenvalue weighted by Crippen LogP contribution is 2.20. The molecule has 0 aliphatic rings. The Balaban J connectivity index is 2.15. The van der Waals surface area contributed by atoms with Crippen LogP contribution in [0.15, 0.2) is 42.5 Å². The summed E-state index contributed by atoms with van der Waals surface area (Å²) in [5, 5.41) is 0. The van der Waals surface area contributed by atoms with Crippen LogP contribution in [-0.2, 0) is 0 Å². The lowest BCUT2D eigenvalue weighted by Crippen LogP contribution is -2.11. The molecule has 104 valence electrons. The van der Waals surface area contributed by atoms with Gasteiger partial charge in [-0.1, -0.05) is 26.0 Å². The smallest absolute Gasteiger partial charge is 0.346 e. The number of carbonyl (C=O) groups is 1. The van der Waals surface area contributed by atoms with Crippen molar-refractivity contribution in [3.05, 3.63) is 65.2 Å². The molecular formula is C16H14F2O2. The standard InChI is InChI=1S/C16H14F2O2/c1-10(2)11-3-6-13(7-4-11)20-16(19)14-8-5-12(17)9-15(14)18/h3-10H,1-2H3. The summed E-state index contributed by atoms with van der Waals surface area (Å²) in [4.78, 5) is 11.8. The van der Waals surface area contributed by atoms with Crippen molar-refractivity contribution in [1.82, 2.24) is 0 Å². The van der Waals surface area contributed by atoms with Crippen molar-refractivity contribution in [3.63, 3.8) is 0 Å².